The number of rotatable bonds is 5. The molecule has 0 aliphatic carbocycles. The first-order valence-corrected chi connectivity index (χ1v) is 5.04. The first kappa shape index (κ1) is 12.8. The van der Waals surface area contributed by atoms with E-state index >= 15 is 0 Å². The SMILES string of the molecule is CCCCO[C@H](CN)C(Cl)(Cl)Cl. The highest BCUT2D eigenvalue weighted by Crippen LogP contribution is 2.31. The number of ether oxygens (including phenoxy) is 1. The van der Waals surface area contributed by atoms with Crippen LogP contribution in [0, 0.1) is 0 Å². The molecule has 0 saturated heterocycles. The number of alkyl halides is 3. The molecule has 0 aromatic heterocycles. The standard InChI is InChI=1S/C7H14Cl3NO/c1-2-3-4-12-6(5-11)7(8,9)10/h6H,2-5,11H2,1H3/t6-/m1/s1. The molecule has 2 nitrogen and oxygen atoms in total. The molecule has 0 fully saturated rings. The van der Waals surface area contributed by atoms with Crippen LogP contribution in [0.2, 0.25) is 0 Å². The van der Waals surface area contributed by atoms with Crippen molar-refractivity contribution < 1.29 is 4.74 Å². The Labute approximate surface area is 88.3 Å². The average Bonchev–Trinajstić information content (AvgIpc) is 1.95. The minimum atomic E-state index is -1.41. The van der Waals surface area contributed by atoms with E-state index in [-0.39, 0.29) is 6.54 Å². The van der Waals surface area contributed by atoms with Gasteiger partial charge in [0.15, 0.2) is 0 Å². The fourth-order valence-corrected chi connectivity index (χ4v) is 1.12. The molecule has 0 heterocycles. The van der Waals surface area contributed by atoms with Crippen molar-refractivity contribution in [3.8, 4) is 0 Å². The topological polar surface area (TPSA) is 35.2 Å². The summed E-state index contributed by atoms with van der Waals surface area (Å²) in [6, 6.07) is 0. The normalized spacial score (nSPS) is 14.8. The van der Waals surface area contributed by atoms with Gasteiger partial charge in [-0.15, -0.1) is 0 Å². The number of nitrogens with two attached hydrogens (primary N) is 1. The maximum absolute atomic E-state index is 5.60. The van der Waals surface area contributed by atoms with Crippen molar-refractivity contribution in [2.24, 2.45) is 5.73 Å². The Bertz CT molecular complexity index is 116. The van der Waals surface area contributed by atoms with E-state index in [1.807, 2.05) is 0 Å². The lowest BCUT2D eigenvalue weighted by Gasteiger charge is -2.22. The van der Waals surface area contributed by atoms with E-state index in [9.17, 15) is 0 Å². The molecule has 0 saturated carbocycles. The van der Waals surface area contributed by atoms with E-state index in [0.29, 0.717) is 6.61 Å². The second-order valence-electron chi connectivity index (χ2n) is 2.49. The lowest BCUT2D eigenvalue weighted by molar-refractivity contribution is 0.0598. The molecule has 74 valence electrons. The van der Waals surface area contributed by atoms with Crippen LogP contribution in [0.3, 0.4) is 0 Å². The molecular weight excluding hydrogens is 220 g/mol. The minimum Gasteiger partial charge on any atom is -0.372 e. The smallest absolute Gasteiger partial charge is 0.217 e. The number of halogens is 3. The largest absolute Gasteiger partial charge is 0.372 e. The average molecular weight is 235 g/mol. The zero-order valence-electron chi connectivity index (χ0n) is 7.03. The predicted octanol–water partition coefficient (Wildman–Crippen LogP) is 2.50. The fourth-order valence-electron chi connectivity index (χ4n) is 0.666. The number of hydrogen-bond acceptors (Lipinski definition) is 2. The second kappa shape index (κ2) is 6.28. The fraction of sp³-hybridized carbons (Fsp3) is 1.00. The van der Waals surface area contributed by atoms with Crippen molar-refractivity contribution in [3.05, 3.63) is 0 Å². The molecule has 2 N–H and O–H groups in total. The maximum Gasteiger partial charge on any atom is 0.217 e. The van der Waals surface area contributed by atoms with Gasteiger partial charge in [-0.2, -0.15) is 0 Å². The van der Waals surface area contributed by atoms with Gasteiger partial charge in [0.25, 0.3) is 0 Å². The number of hydrogen-bond donors (Lipinski definition) is 1. The van der Waals surface area contributed by atoms with Crippen molar-refractivity contribution in [3.63, 3.8) is 0 Å². The van der Waals surface area contributed by atoms with E-state index in [2.05, 4.69) is 6.92 Å². The van der Waals surface area contributed by atoms with Crippen molar-refractivity contribution >= 4 is 34.8 Å². The molecular formula is C7H14Cl3NO. The van der Waals surface area contributed by atoms with E-state index in [4.69, 9.17) is 45.3 Å². The Balaban J connectivity index is 3.68. The van der Waals surface area contributed by atoms with Gasteiger partial charge in [-0.1, -0.05) is 48.1 Å². The van der Waals surface area contributed by atoms with Crippen LogP contribution in [-0.2, 0) is 4.74 Å². The van der Waals surface area contributed by atoms with Crippen molar-refractivity contribution in [1.82, 2.24) is 0 Å². The lowest BCUT2D eigenvalue weighted by Crippen LogP contribution is -2.36. The van der Waals surface area contributed by atoms with Gasteiger partial charge in [-0.05, 0) is 6.42 Å². The zero-order chi connectivity index (χ0) is 9.61. The summed E-state index contributed by atoms with van der Waals surface area (Å²) >= 11 is 16.8. The first-order chi connectivity index (χ1) is 5.52. The zero-order valence-corrected chi connectivity index (χ0v) is 9.29. The van der Waals surface area contributed by atoms with Crippen LogP contribution in [-0.4, -0.2) is 23.0 Å². The maximum atomic E-state index is 5.60. The van der Waals surface area contributed by atoms with Gasteiger partial charge < -0.3 is 10.5 Å². The van der Waals surface area contributed by atoms with Crippen LogP contribution in [0.1, 0.15) is 19.8 Å². The summed E-state index contributed by atoms with van der Waals surface area (Å²) in [6.45, 7) is 2.88. The summed E-state index contributed by atoms with van der Waals surface area (Å²) < 4.78 is 3.86. The summed E-state index contributed by atoms with van der Waals surface area (Å²) in [6.07, 6.45) is 1.50. The molecule has 5 heteroatoms. The van der Waals surface area contributed by atoms with Crippen molar-refractivity contribution in [2.45, 2.75) is 29.7 Å². The molecule has 0 aromatic rings. The van der Waals surface area contributed by atoms with Gasteiger partial charge in [-0.25, -0.2) is 0 Å². The molecule has 0 bridgehead atoms. The van der Waals surface area contributed by atoms with E-state index in [1.54, 1.807) is 0 Å². The second-order valence-corrected chi connectivity index (χ2v) is 4.86. The van der Waals surface area contributed by atoms with Gasteiger partial charge in [0.1, 0.15) is 6.10 Å². The molecule has 0 aromatic carbocycles. The Morgan fingerprint density at radius 2 is 2.00 bits per heavy atom. The number of unbranched alkanes of at least 4 members (excludes halogenated alkanes) is 1. The molecule has 0 spiro atoms. The van der Waals surface area contributed by atoms with Crippen molar-refractivity contribution in [1.29, 1.82) is 0 Å². The third-order valence-corrected chi connectivity index (χ3v) is 2.13. The Morgan fingerprint density at radius 1 is 1.42 bits per heavy atom. The predicted molar refractivity (Wildman–Crippen MR) is 54.0 cm³/mol. The van der Waals surface area contributed by atoms with Gasteiger partial charge in [0.2, 0.25) is 3.79 Å². The Morgan fingerprint density at radius 3 is 2.33 bits per heavy atom. The quantitative estimate of drug-likeness (QED) is 0.586. The highest BCUT2D eigenvalue weighted by Gasteiger charge is 2.31. The highest BCUT2D eigenvalue weighted by atomic mass is 35.6. The Hall–Kier alpha value is 0.790. The van der Waals surface area contributed by atoms with Crippen LogP contribution in [0.25, 0.3) is 0 Å². The molecule has 0 amide bonds. The van der Waals surface area contributed by atoms with Crippen LogP contribution >= 0.6 is 34.8 Å². The molecule has 0 radical (unpaired) electrons. The van der Waals surface area contributed by atoms with Crippen LogP contribution < -0.4 is 5.73 Å². The summed E-state index contributed by atoms with van der Waals surface area (Å²) in [5, 5.41) is 0. The van der Waals surface area contributed by atoms with E-state index in [0.717, 1.165) is 12.8 Å². The third-order valence-electron chi connectivity index (χ3n) is 1.40. The van der Waals surface area contributed by atoms with Gasteiger partial charge in [-0.3, -0.25) is 0 Å². The van der Waals surface area contributed by atoms with Crippen LogP contribution in [0.15, 0.2) is 0 Å². The molecule has 1 atom stereocenters. The van der Waals surface area contributed by atoms with E-state index in [1.165, 1.54) is 0 Å². The molecule has 0 aliphatic heterocycles. The van der Waals surface area contributed by atoms with Gasteiger partial charge in [0.05, 0.1) is 0 Å². The minimum absolute atomic E-state index is 0.222. The molecule has 0 rings (SSSR count). The van der Waals surface area contributed by atoms with Crippen LogP contribution in [0.5, 0.6) is 0 Å². The van der Waals surface area contributed by atoms with Gasteiger partial charge >= 0.3 is 0 Å². The summed E-state index contributed by atoms with van der Waals surface area (Å²) in [4.78, 5) is 0. The monoisotopic (exact) mass is 233 g/mol. The Kier molecular flexibility index (Phi) is 6.69. The summed E-state index contributed by atoms with van der Waals surface area (Å²) in [5.74, 6) is 0. The summed E-state index contributed by atoms with van der Waals surface area (Å²) in [5.41, 5.74) is 5.36. The highest BCUT2D eigenvalue weighted by molar-refractivity contribution is 6.68. The molecule has 0 aliphatic rings. The first-order valence-electron chi connectivity index (χ1n) is 3.90. The summed E-state index contributed by atoms with van der Waals surface area (Å²) in [7, 11) is 0. The van der Waals surface area contributed by atoms with E-state index < -0.39 is 9.90 Å². The molecule has 0 unspecified atom stereocenters. The third kappa shape index (κ3) is 5.44. The lowest BCUT2D eigenvalue weighted by atomic mass is 10.3. The van der Waals surface area contributed by atoms with Crippen LogP contribution in [0.4, 0.5) is 0 Å². The van der Waals surface area contributed by atoms with Gasteiger partial charge in [0, 0.05) is 13.2 Å². The van der Waals surface area contributed by atoms with Crippen molar-refractivity contribution in [2.75, 3.05) is 13.2 Å². The molecule has 12 heavy (non-hydrogen) atoms.